The van der Waals surface area contributed by atoms with Crippen molar-refractivity contribution in [2.24, 2.45) is 0 Å². The van der Waals surface area contributed by atoms with Crippen molar-refractivity contribution in [3.8, 4) is 5.75 Å². The minimum atomic E-state index is 0.469. The fourth-order valence-electron chi connectivity index (χ4n) is 1.40. The summed E-state index contributed by atoms with van der Waals surface area (Å²) in [5.74, 6) is 0.838. The van der Waals surface area contributed by atoms with Crippen molar-refractivity contribution in [1.29, 1.82) is 0 Å². The van der Waals surface area contributed by atoms with E-state index in [0.717, 1.165) is 21.6 Å². The topological polar surface area (TPSA) is 34.2 Å². The molecule has 0 radical (unpaired) electrons. The molecule has 1 heterocycles. The highest BCUT2D eigenvalue weighted by Crippen LogP contribution is 2.17. The second kappa shape index (κ2) is 5.68. The van der Waals surface area contributed by atoms with Crippen molar-refractivity contribution in [2.75, 3.05) is 12.4 Å². The Morgan fingerprint density at radius 3 is 2.71 bits per heavy atom. The van der Waals surface area contributed by atoms with Crippen molar-refractivity contribution in [3.05, 3.63) is 52.8 Å². The second-order valence-electron chi connectivity index (χ2n) is 3.53. The Bertz CT molecular complexity index is 485. The predicted octanol–water partition coefficient (Wildman–Crippen LogP) is 3.46. The van der Waals surface area contributed by atoms with Crippen LogP contribution in [0, 0.1) is 0 Å². The predicted molar refractivity (Wildman–Crippen MR) is 72.3 cm³/mol. The molecule has 0 saturated heterocycles. The third kappa shape index (κ3) is 3.46. The summed E-state index contributed by atoms with van der Waals surface area (Å²) in [4.78, 5) is 4.25. The van der Waals surface area contributed by atoms with E-state index in [-0.39, 0.29) is 0 Å². The molecule has 1 aromatic carbocycles. The molecule has 0 aliphatic rings. The fourth-order valence-corrected chi connectivity index (χ4v) is 1.67. The van der Waals surface area contributed by atoms with Crippen LogP contribution < -0.4 is 10.1 Å². The third-order valence-electron chi connectivity index (χ3n) is 2.31. The van der Waals surface area contributed by atoms with Crippen LogP contribution in [0.2, 0.25) is 0 Å². The van der Waals surface area contributed by atoms with Crippen LogP contribution in [0.1, 0.15) is 5.69 Å². The number of hydrogen-bond donors (Lipinski definition) is 1. The molecule has 0 fully saturated rings. The van der Waals surface area contributed by atoms with E-state index in [1.165, 1.54) is 0 Å². The first-order valence-electron chi connectivity index (χ1n) is 5.29. The molecule has 17 heavy (non-hydrogen) atoms. The number of aromatic nitrogens is 1. The van der Waals surface area contributed by atoms with E-state index >= 15 is 0 Å². The summed E-state index contributed by atoms with van der Waals surface area (Å²) in [5, 5.41) is 3.07. The smallest absolute Gasteiger partial charge is 0.130 e. The van der Waals surface area contributed by atoms with Gasteiger partial charge in [0.2, 0.25) is 0 Å². The van der Waals surface area contributed by atoms with Gasteiger partial charge in [-0.25, -0.2) is 0 Å². The van der Waals surface area contributed by atoms with Gasteiger partial charge in [-0.1, -0.05) is 15.9 Å². The Labute approximate surface area is 109 Å². The summed E-state index contributed by atoms with van der Waals surface area (Å²) in [6.07, 6.45) is 1.77. The first kappa shape index (κ1) is 11.9. The number of rotatable bonds is 4. The van der Waals surface area contributed by atoms with Gasteiger partial charge in [-0.2, -0.15) is 0 Å². The number of benzene rings is 1. The van der Waals surface area contributed by atoms with Crippen molar-refractivity contribution < 1.29 is 4.74 Å². The molecule has 0 amide bonds. The molecule has 88 valence electrons. The van der Waals surface area contributed by atoms with E-state index in [1.807, 2.05) is 43.4 Å². The maximum absolute atomic E-state index is 5.64. The molecule has 2 rings (SSSR count). The second-order valence-corrected chi connectivity index (χ2v) is 4.44. The van der Waals surface area contributed by atoms with Crippen LogP contribution in [0.15, 0.2) is 47.1 Å². The van der Waals surface area contributed by atoms with Gasteiger partial charge >= 0.3 is 0 Å². The van der Waals surface area contributed by atoms with Crippen molar-refractivity contribution in [3.63, 3.8) is 0 Å². The average molecular weight is 293 g/mol. The van der Waals surface area contributed by atoms with E-state index in [2.05, 4.69) is 26.2 Å². The first-order valence-corrected chi connectivity index (χ1v) is 6.08. The minimum absolute atomic E-state index is 0.469. The number of anilines is 1. The van der Waals surface area contributed by atoms with Crippen LogP contribution in [0.5, 0.6) is 5.75 Å². The van der Waals surface area contributed by atoms with Crippen LogP contribution in [0.3, 0.4) is 0 Å². The lowest BCUT2D eigenvalue weighted by Crippen LogP contribution is -1.99. The van der Waals surface area contributed by atoms with Gasteiger partial charge in [0.25, 0.3) is 0 Å². The van der Waals surface area contributed by atoms with Gasteiger partial charge in [-0.05, 0) is 36.4 Å². The molecular weight excluding hydrogens is 280 g/mol. The third-order valence-corrected chi connectivity index (χ3v) is 2.83. The molecule has 0 atom stereocenters. The molecule has 0 aliphatic carbocycles. The Morgan fingerprint density at radius 2 is 2.00 bits per heavy atom. The lowest BCUT2D eigenvalue weighted by molar-refractivity contribution is 0.301. The maximum Gasteiger partial charge on any atom is 0.130 e. The van der Waals surface area contributed by atoms with Crippen molar-refractivity contribution in [2.45, 2.75) is 6.61 Å². The van der Waals surface area contributed by atoms with Gasteiger partial charge in [0.1, 0.15) is 12.4 Å². The fraction of sp³-hybridized carbons (Fsp3) is 0.154. The highest BCUT2D eigenvalue weighted by molar-refractivity contribution is 9.10. The molecule has 3 nitrogen and oxygen atoms in total. The molecule has 2 aromatic rings. The van der Waals surface area contributed by atoms with Gasteiger partial charge in [0.05, 0.1) is 5.69 Å². The zero-order chi connectivity index (χ0) is 12.1. The number of nitrogens with one attached hydrogen (secondary N) is 1. The van der Waals surface area contributed by atoms with E-state index in [9.17, 15) is 0 Å². The Hall–Kier alpha value is -1.55. The van der Waals surface area contributed by atoms with Gasteiger partial charge < -0.3 is 10.1 Å². The van der Waals surface area contributed by atoms with Crippen LogP contribution in [-0.2, 0) is 6.61 Å². The Balaban J connectivity index is 1.99. The summed E-state index contributed by atoms with van der Waals surface area (Å²) in [6, 6.07) is 11.6. The zero-order valence-electron chi connectivity index (χ0n) is 9.48. The molecule has 4 heteroatoms. The lowest BCUT2D eigenvalue weighted by Gasteiger charge is -2.07. The van der Waals surface area contributed by atoms with Crippen LogP contribution in [0.4, 0.5) is 5.69 Å². The standard InChI is InChI=1S/C13H13BrN2O/c1-15-11-6-7-16-12(8-11)9-17-13-4-2-10(14)3-5-13/h2-8H,9H2,1H3,(H,15,16). The first-order chi connectivity index (χ1) is 8.28. The van der Waals surface area contributed by atoms with Crippen LogP contribution in [-0.4, -0.2) is 12.0 Å². The number of pyridine rings is 1. The van der Waals surface area contributed by atoms with Gasteiger partial charge in [-0.3, -0.25) is 4.98 Å². The van der Waals surface area contributed by atoms with Crippen molar-refractivity contribution >= 4 is 21.6 Å². The number of nitrogens with zero attached hydrogens (tertiary/aromatic N) is 1. The van der Waals surface area contributed by atoms with E-state index in [0.29, 0.717) is 6.61 Å². The SMILES string of the molecule is CNc1ccnc(COc2ccc(Br)cc2)c1. The Morgan fingerprint density at radius 1 is 1.24 bits per heavy atom. The molecular formula is C13H13BrN2O. The van der Waals surface area contributed by atoms with Gasteiger partial charge in [-0.15, -0.1) is 0 Å². The summed E-state index contributed by atoms with van der Waals surface area (Å²) in [7, 11) is 1.88. The highest BCUT2D eigenvalue weighted by Gasteiger charge is 1.98. The molecule has 1 N–H and O–H groups in total. The van der Waals surface area contributed by atoms with Crippen molar-refractivity contribution in [1.82, 2.24) is 4.98 Å². The number of hydrogen-bond acceptors (Lipinski definition) is 3. The summed E-state index contributed by atoms with van der Waals surface area (Å²) in [5.41, 5.74) is 1.94. The summed E-state index contributed by atoms with van der Waals surface area (Å²) < 4.78 is 6.68. The highest BCUT2D eigenvalue weighted by atomic mass is 79.9. The zero-order valence-corrected chi connectivity index (χ0v) is 11.1. The molecule has 0 spiro atoms. The quantitative estimate of drug-likeness (QED) is 0.937. The largest absolute Gasteiger partial charge is 0.487 e. The van der Waals surface area contributed by atoms with E-state index in [1.54, 1.807) is 6.20 Å². The average Bonchev–Trinajstić information content (AvgIpc) is 2.38. The van der Waals surface area contributed by atoms with E-state index < -0.39 is 0 Å². The number of halogens is 1. The van der Waals surface area contributed by atoms with Gasteiger partial charge in [0.15, 0.2) is 0 Å². The minimum Gasteiger partial charge on any atom is -0.487 e. The maximum atomic E-state index is 5.64. The summed E-state index contributed by atoms with van der Waals surface area (Å²) in [6.45, 7) is 0.469. The summed E-state index contributed by atoms with van der Waals surface area (Å²) >= 11 is 3.38. The van der Waals surface area contributed by atoms with Gasteiger partial charge in [0, 0.05) is 23.4 Å². The Kier molecular flexibility index (Phi) is 3.98. The molecule has 0 bridgehead atoms. The molecule has 0 aliphatic heterocycles. The molecule has 0 saturated carbocycles. The lowest BCUT2D eigenvalue weighted by atomic mass is 10.3. The molecule has 1 aromatic heterocycles. The van der Waals surface area contributed by atoms with E-state index in [4.69, 9.17) is 4.74 Å². The van der Waals surface area contributed by atoms with Crippen LogP contribution in [0.25, 0.3) is 0 Å². The van der Waals surface area contributed by atoms with Crippen LogP contribution >= 0.6 is 15.9 Å². The normalized spacial score (nSPS) is 10.0. The monoisotopic (exact) mass is 292 g/mol. The number of ether oxygens (including phenoxy) is 1. The molecule has 0 unspecified atom stereocenters.